The van der Waals surface area contributed by atoms with Gasteiger partial charge in [-0.1, -0.05) is 23.7 Å². The van der Waals surface area contributed by atoms with Crippen molar-refractivity contribution >= 4 is 11.6 Å². The summed E-state index contributed by atoms with van der Waals surface area (Å²) in [7, 11) is 1.98. The summed E-state index contributed by atoms with van der Waals surface area (Å²) in [6, 6.07) is 13.5. The molecule has 0 aliphatic rings. The summed E-state index contributed by atoms with van der Waals surface area (Å²) in [6.45, 7) is 0.564. The lowest BCUT2D eigenvalue weighted by Crippen LogP contribution is -2.24. The van der Waals surface area contributed by atoms with Crippen LogP contribution in [0.25, 0.3) is 11.5 Å². The van der Waals surface area contributed by atoms with Gasteiger partial charge in [0.05, 0.1) is 12.6 Å². The van der Waals surface area contributed by atoms with Gasteiger partial charge in [0.1, 0.15) is 17.3 Å². The Morgan fingerprint density at radius 2 is 2.00 bits per heavy atom. The second-order valence-corrected chi connectivity index (χ2v) is 6.43. The number of furan rings is 1. The SMILES string of the molecule is Cn1ccnc1C(NCc1ccc(-c2ccn[nH]2)o1)c1ccc(Cl)cc1. The molecule has 3 aromatic heterocycles. The quantitative estimate of drug-likeness (QED) is 0.541. The van der Waals surface area contributed by atoms with E-state index in [9.17, 15) is 0 Å². The molecule has 2 N–H and O–H groups in total. The number of nitrogens with one attached hydrogen (secondary N) is 2. The van der Waals surface area contributed by atoms with Crippen LogP contribution in [0.2, 0.25) is 5.02 Å². The van der Waals surface area contributed by atoms with E-state index >= 15 is 0 Å². The maximum Gasteiger partial charge on any atom is 0.152 e. The van der Waals surface area contributed by atoms with E-state index in [1.165, 1.54) is 0 Å². The van der Waals surface area contributed by atoms with Gasteiger partial charge in [0.2, 0.25) is 0 Å². The van der Waals surface area contributed by atoms with Crippen LogP contribution in [0.4, 0.5) is 0 Å². The molecule has 0 aliphatic carbocycles. The minimum absolute atomic E-state index is 0.0760. The van der Waals surface area contributed by atoms with Gasteiger partial charge in [0.25, 0.3) is 0 Å². The van der Waals surface area contributed by atoms with E-state index in [-0.39, 0.29) is 6.04 Å². The second-order valence-electron chi connectivity index (χ2n) is 6.00. The predicted octanol–water partition coefficient (Wildman–Crippen LogP) is 3.94. The van der Waals surface area contributed by atoms with Crippen molar-refractivity contribution in [3.8, 4) is 11.5 Å². The van der Waals surface area contributed by atoms with Crippen LogP contribution in [0.15, 0.2) is 65.5 Å². The highest BCUT2D eigenvalue weighted by Crippen LogP contribution is 2.24. The molecule has 0 bridgehead atoms. The van der Waals surface area contributed by atoms with Gasteiger partial charge in [-0.2, -0.15) is 5.10 Å². The topological polar surface area (TPSA) is 71.7 Å². The van der Waals surface area contributed by atoms with Crippen molar-refractivity contribution in [2.75, 3.05) is 0 Å². The van der Waals surface area contributed by atoms with Crippen molar-refractivity contribution in [1.82, 2.24) is 25.1 Å². The molecule has 3 heterocycles. The second kappa shape index (κ2) is 7.19. The Hall–Kier alpha value is -2.83. The van der Waals surface area contributed by atoms with Crippen molar-refractivity contribution in [3.63, 3.8) is 0 Å². The summed E-state index contributed by atoms with van der Waals surface area (Å²) in [5.74, 6) is 2.52. The third kappa shape index (κ3) is 3.42. The van der Waals surface area contributed by atoms with E-state index in [1.54, 1.807) is 12.4 Å². The van der Waals surface area contributed by atoms with Gasteiger partial charge in [-0.25, -0.2) is 4.98 Å². The van der Waals surface area contributed by atoms with Crippen molar-refractivity contribution < 1.29 is 4.42 Å². The molecule has 4 aromatic rings. The number of imidazole rings is 1. The number of hydrogen-bond acceptors (Lipinski definition) is 4. The fraction of sp³-hybridized carbons (Fsp3) is 0.158. The van der Waals surface area contributed by atoms with E-state index in [1.807, 2.05) is 60.3 Å². The van der Waals surface area contributed by atoms with Crippen LogP contribution in [0.5, 0.6) is 0 Å². The lowest BCUT2D eigenvalue weighted by molar-refractivity contribution is 0.466. The van der Waals surface area contributed by atoms with Crippen molar-refractivity contribution in [2.24, 2.45) is 7.05 Å². The standard InChI is InChI=1S/C19H18ClN5O/c1-25-11-10-21-19(25)18(13-2-4-14(20)5-3-13)22-12-15-6-7-17(26-15)16-8-9-23-24-16/h2-11,18,22H,12H2,1H3,(H,23,24). The normalized spacial score (nSPS) is 12.4. The Balaban J connectivity index is 1.56. The number of aromatic amines is 1. The molecule has 26 heavy (non-hydrogen) atoms. The first kappa shape index (κ1) is 16.6. The van der Waals surface area contributed by atoms with Gasteiger partial charge in [-0.05, 0) is 35.9 Å². The molecule has 0 saturated carbocycles. The number of H-pyrrole nitrogens is 1. The van der Waals surface area contributed by atoms with Crippen molar-refractivity contribution in [1.29, 1.82) is 0 Å². The van der Waals surface area contributed by atoms with E-state index in [0.717, 1.165) is 28.6 Å². The average molecular weight is 368 g/mol. The number of halogens is 1. The lowest BCUT2D eigenvalue weighted by Gasteiger charge is -2.18. The van der Waals surface area contributed by atoms with Gasteiger partial charge < -0.3 is 8.98 Å². The van der Waals surface area contributed by atoms with E-state index in [0.29, 0.717) is 11.6 Å². The molecule has 1 unspecified atom stereocenters. The molecule has 0 saturated heterocycles. The Bertz CT molecular complexity index is 972. The van der Waals surface area contributed by atoms with Gasteiger partial charge >= 0.3 is 0 Å². The third-order valence-corrected chi connectivity index (χ3v) is 4.48. The molecule has 1 atom stereocenters. The number of aryl methyl sites for hydroxylation is 1. The highest BCUT2D eigenvalue weighted by Gasteiger charge is 2.18. The minimum atomic E-state index is -0.0760. The van der Waals surface area contributed by atoms with Crippen molar-refractivity contribution in [3.05, 3.63) is 83.2 Å². The summed E-state index contributed by atoms with van der Waals surface area (Å²) in [4.78, 5) is 4.50. The Kier molecular flexibility index (Phi) is 4.60. The summed E-state index contributed by atoms with van der Waals surface area (Å²) >= 11 is 6.03. The highest BCUT2D eigenvalue weighted by molar-refractivity contribution is 6.30. The zero-order valence-electron chi connectivity index (χ0n) is 14.2. The molecule has 132 valence electrons. The first-order chi connectivity index (χ1) is 12.7. The molecular formula is C19H18ClN5O. The van der Waals surface area contributed by atoms with Crippen molar-refractivity contribution in [2.45, 2.75) is 12.6 Å². The van der Waals surface area contributed by atoms with Crippen LogP contribution >= 0.6 is 11.6 Å². The molecule has 6 nitrogen and oxygen atoms in total. The van der Waals surface area contributed by atoms with Gasteiger partial charge in [0.15, 0.2) is 5.76 Å². The molecule has 1 aromatic carbocycles. The van der Waals surface area contributed by atoms with E-state index in [4.69, 9.17) is 16.0 Å². The largest absolute Gasteiger partial charge is 0.458 e. The van der Waals surface area contributed by atoms with Crippen LogP contribution in [0.1, 0.15) is 23.2 Å². The van der Waals surface area contributed by atoms with Crippen LogP contribution < -0.4 is 5.32 Å². The maximum atomic E-state index is 6.03. The fourth-order valence-electron chi connectivity index (χ4n) is 2.88. The predicted molar refractivity (Wildman–Crippen MR) is 99.6 cm³/mol. The zero-order chi connectivity index (χ0) is 17.9. The number of aromatic nitrogens is 4. The van der Waals surface area contributed by atoms with Crippen LogP contribution in [0, 0.1) is 0 Å². The lowest BCUT2D eigenvalue weighted by atomic mass is 10.1. The number of benzene rings is 1. The fourth-order valence-corrected chi connectivity index (χ4v) is 3.01. The Morgan fingerprint density at radius 1 is 1.15 bits per heavy atom. The van der Waals surface area contributed by atoms with Gasteiger partial charge in [-0.15, -0.1) is 0 Å². The molecule has 7 heteroatoms. The number of hydrogen-bond donors (Lipinski definition) is 2. The molecule has 4 rings (SSSR count). The van der Waals surface area contributed by atoms with Gasteiger partial charge in [0, 0.05) is 30.7 Å². The summed E-state index contributed by atoms with van der Waals surface area (Å²) in [6.07, 6.45) is 5.43. The maximum absolute atomic E-state index is 6.03. The first-order valence-corrected chi connectivity index (χ1v) is 8.63. The first-order valence-electron chi connectivity index (χ1n) is 8.25. The average Bonchev–Trinajstić information content (AvgIpc) is 3.38. The van der Waals surface area contributed by atoms with Gasteiger partial charge in [-0.3, -0.25) is 10.4 Å². The molecule has 0 aliphatic heterocycles. The summed E-state index contributed by atoms with van der Waals surface area (Å²) < 4.78 is 7.90. The van der Waals surface area contributed by atoms with E-state index < -0.39 is 0 Å². The highest BCUT2D eigenvalue weighted by atomic mass is 35.5. The van der Waals surface area contributed by atoms with Crippen LogP contribution in [0.3, 0.4) is 0 Å². The van der Waals surface area contributed by atoms with Crippen LogP contribution in [-0.4, -0.2) is 19.7 Å². The molecule has 0 radical (unpaired) electrons. The Labute approximate surface area is 155 Å². The molecule has 0 spiro atoms. The molecule has 0 fully saturated rings. The van der Waals surface area contributed by atoms with E-state index in [2.05, 4.69) is 20.5 Å². The number of nitrogens with zero attached hydrogens (tertiary/aromatic N) is 3. The minimum Gasteiger partial charge on any atom is -0.458 e. The zero-order valence-corrected chi connectivity index (χ0v) is 14.9. The summed E-state index contributed by atoms with van der Waals surface area (Å²) in [5, 5.41) is 11.1. The molecule has 0 amide bonds. The summed E-state index contributed by atoms with van der Waals surface area (Å²) in [5.41, 5.74) is 1.94. The number of rotatable bonds is 6. The Morgan fingerprint density at radius 3 is 2.69 bits per heavy atom. The smallest absolute Gasteiger partial charge is 0.152 e. The van der Waals surface area contributed by atoms with Crippen LogP contribution in [-0.2, 0) is 13.6 Å². The third-order valence-electron chi connectivity index (χ3n) is 4.23. The molecular weight excluding hydrogens is 350 g/mol. The monoisotopic (exact) mass is 367 g/mol.